The molecule has 116 valence electrons. The minimum absolute atomic E-state index is 0.0106. The molecule has 0 amide bonds. The standard InChI is InChI=1S/C18H22N2O2/c1-12-5-8-14(9-6-12)22-11-13-7-10-15(17(19)20-13)16(21)18(2,3)4/h5-10H,11H2,1-4H3,(H2,19,20). The Labute approximate surface area is 131 Å². The van der Waals surface area contributed by atoms with Crippen molar-refractivity contribution in [3.8, 4) is 5.75 Å². The number of pyridine rings is 1. The molecule has 0 unspecified atom stereocenters. The molecule has 0 saturated heterocycles. The first-order valence-electron chi connectivity index (χ1n) is 7.27. The summed E-state index contributed by atoms with van der Waals surface area (Å²) in [6.07, 6.45) is 0. The van der Waals surface area contributed by atoms with Gasteiger partial charge in [0.05, 0.1) is 11.3 Å². The smallest absolute Gasteiger partial charge is 0.171 e. The largest absolute Gasteiger partial charge is 0.487 e. The molecule has 22 heavy (non-hydrogen) atoms. The number of carbonyl (C=O) groups excluding carboxylic acids is 1. The Kier molecular flexibility index (Phi) is 4.50. The van der Waals surface area contributed by atoms with Crippen molar-refractivity contribution in [3.63, 3.8) is 0 Å². The summed E-state index contributed by atoms with van der Waals surface area (Å²) in [5.74, 6) is 1.02. The van der Waals surface area contributed by atoms with Crippen LogP contribution in [0.1, 0.15) is 42.4 Å². The lowest BCUT2D eigenvalue weighted by atomic mass is 9.86. The third-order valence-electron chi connectivity index (χ3n) is 3.32. The Bertz CT molecular complexity index is 670. The predicted octanol–water partition coefficient (Wildman–Crippen LogP) is 3.78. The van der Waals surface area contributed by atoms with Crippen molar-refractivity contribution in [2.24, 2.45) is 5.41 Å². The van der Waals surface area contributed by atoms with E-state index in [1.807, 2.05) is 52.0 Å². The fourth-order valence-electron chi connectivity index (χ4n) is 1.99. The van der Waals surface area contributed by atoms with Crippen molar-refractivity contribution in [1.82, 2.24) is 4.98 Å². The van der Waals surface area contributed by atoms with E-state index in [2.05, 4.69) is 4.98 Å². The molecule has 0 aliphatic carbocycles. The SMILES string of the molecule is Cc1ccc(OCc2ccc(C(=O)C(C)(C)C)c(N)n2)cc1. The summed E-state index contributed by atoms with van der Waals surface area (Å²) in [7, 11) is 0. The molecule has 0 aliphatic rings. The van der Waals surface area contributed by atoms with Crippen LogP contribution in [0.25, 0.3) is 0 Å². The zero-order chi connectivity index (χ0) is 16.3. The van der Waals surface area contributed by atoms with Crippen molar-refractivity contribution in [2.75, 3.05) is 5.73 Å². The van der Waals surface area contributed by atoms with Crippen LogP contribution in [0.3, 0.4) is 0 Å². The van der Waals surface area contributed by atoms with Crippen molar-refractivity contribution < 1.29 is 9.53 Å². The Morgan fingerprint density at radius 2 is 1.77 bits per heavy atom. The summed E-state index contributed by atoms with van der Waals surface area (Å²) in [5, 5.41) is 0. The normalized spacial score (nSPS) is 11.3. The zero-order valence-corrected chi connectivity index (χ0v) is 13.5. The van der Waals surface area contributed by atoms with Crippen molar-refractivity contribution in [2.45, 2.75) is 34.3 Å². The average Bonchev–Trinajstić information content (AvgIpc) is 2.45. The molecular weight excluding hydrogens is 276 g/mol. The topological polar surface area (TPSA) is 65.2 Å². The van der Waals surface area contributed by atoms with E-state index in [-0.39, 0.29) is 11.6 Å². The molecule has 4 nitrogen and oxygen atoms in total. The van der Waals surface area contributed by atoms with Gasteiger partial charge in [0.15, 0.2) is 5.78 Å². The Hall–Kier alpha value is -2.36. The Morgan fingerprint density at radius 3 is 2.32 bits per heavy atom. The number of anilines is 1. The van der Waals surface area contributed by atoms with Crippen molar-refractivity contribution in [1.29, 1.82) is 0 Å². The van der Waals surface area contributed by atoms with Crippen LogP contribution in [0.4, 0.5) is 5.82 Å². The van der Waals surface area contributed by atoms with E-state index in [0.717, 1.165) is 5.75 Å². The lowest BCUT2D eigenvalue weighted by molar-refractivity contribution is 0.0859. The number of nitrogen functional groups attached to an aromatic ring is 1. The van der Waals surface area contributed by atoms with Crippen LogP contribution in [-0.4, -0.2) is 10.8 Å². The first kappa shape index (κ1) is 16.0. The van der Waals surface area contributed by atoms with Gasteiger partial charge in [0.1, 0.15) is 18.2 Å². The van der Waals surface area contributed by atoms with E-state index in [0.29, 0.717) is 17.9 Å². The highest BCUT2D eigenvalue weighted by Crippen LogP contribution is 2.24. The van der Waals surface area contributed by atoms with Gasteiger partial charge in [-0.1, -0.05) is 38.5 Å². The van der Waals surface area contributed by atoms with E-state index >= 15 is 0 Å². The van der Waals surface area contributed by atoms with Gasteiger partial charge in [-0.25, -0.2) is 4.98 Å². The van der Waals surface area contributed by atoms with Crippen LogP contribution >= 0.6 is 0 Å². The monoisotopic (exact) mass is 298 g/mol. The van der Waals surface area contributed by atoms with Crippen molar-refractivity contribution >= 4 is 11.6 Å². The third kappa shape index (κ3) is 3.85. The summed E-state index contributed by atoms with van der Waals surface area (Å²) in [6.45, 7) is 7.93. The van der Waals surface area contributed by atoms with Gasteiger partial charge in [-0.3, -0.25) is 4.79 Å². The van der Waals surface area contributed by atoms with Crippen molar-refractivity contribution in [3.05, 3.63) is 53.2 Å². The fraction of sp³-hybridized carbons (Fsp3) is 0.333. The highest BCUT2D eigenvalue weighted by atomic mass is 16.5. The number of Topliss-reactive ketones (excluding diaryl/α,β-unsaturated/α-hetero) is 1. The van der Waals surface area contributed by atoms with Crippen LogP contribution in [0.15, 0.2) is 36.4 Å². The summed E-state index contributed by atoms with van der Waals surface area (Å²) < 4.78 is 5.67. The van der Waals surface area contributed by atoms with Gasteiger partial charge >= 0.3 is 0 Å². The molecule has 1 aromatic carbocycles. The maximum atomic E-state index is 12.3. The molecule has 0 spiro atoms. The van der Waals surface area contributed by atoms with E-state index in [4.69, 9.17) is 10.5 Å². The zero-order valence-electron chi connectivity index (χ0n) is 13.5. The molecule has 4 heteroatoms. The van der Waals surface area contributed by atoms with Gasteiger partial charge in [0.2, 0.25) is 0 Å². The molecule has 2 aromatic rings. The molecule has 0 bridgehead atoms. The average molecular weight is 298 g/mol. The second kappa shape index (κ2) is 6.18. The molecule has 0 aliphatic heterocycles. The molecule has 2 N–H and O–H groups in total. The van der Waals surface area contributed by atoms with Gasteiger partial charge in [-0.2, -0.15) is 0 Å². The first-order valence-corrected chi connectivity index (χ1v) is 7.27. The predicted molar refractivity (Wildman–Crippen MR) is 87.9 cm³/mol. The van der Waals surface area contributed by atoms with Crippen LogP contribution in [0, 0.1) is 12.3 Å². The molecule has 0 atom stereocenters. The van der Waals surface area contributed by atoms with Gasteiger partial charge < -0.3 is 10.5 Å². The quantitative estimate of drug-likeness (QED) is 0.872. The lowest BCUT2D eigenvalue weighted by Crippen LogP contribution is -2.22. The van der Waals surface area contributed by atoms with Gasteiger partial charge in [-0.05, 0) is 31.2 Å². The summed E-state index contributed by atoms with van der Waals surface area (Å²) in [4.78, 5) is 16.5. The molecule has 0 saturated carbocycles. The number of carbonyl (C=O) groups is 1. The van der Waals surface area contributed by atoms with E-state index < -0.39 is 5.41 Å². The second-order valence-corrected chi connectivity index (χ2v) is 6.42. The lowest BCUT2D eigenvalue weighted by Gasteiger charge is -2.17. The number of aromatic nitrogens is 1. The molecule has 1 heterocycles. The summed E-state index contributed by atoms with van der Waals surface area (Å²) >= 11 is 0. The molecule has 1 aromatic heterocycles. The number of rotatable bonds is 4. The van der Waals surface area contributed by atoms with Crippen LogP contribution in [-0.2, 0) is 6.61 Å². The number of nitrogens with two attached hydrogens (primary N) is 1. The van der Waals surface area contributed by atoms with E-state index in [9.17, 15) is 4.79 Å². The Balaban J connectivity index is 2.09. The minimum atomic E-state index is -0.476. The van der Waals surface area contributed by atoms with Gasteiger partial charge in [0, 0.05) is 5.41 Å². The number of ketones is 1. The van der Waals surface area contributed by atoms with E-state index in [1.165, 1.54) is 5.56 Å². The highest BCUT2D eigenvalue weighted by molar-refractivity contribution is 6.03. The second-order valence-electron chi connectivity index (χ2n) is 6.42. The molecule has 2 rings (SSSR count). The first-order chi connectivity index (χ1) is 10.3. The molecule has 0 fully saturated rings. The number of nitrogens with zero attached hydrogens (tertiary/aromatic N) is 1. The maximum absolute atomic E-state index is 12.3. The van der Waals surface area contributed by atoms with Gasteiger partial charge in [0.25, 0.3) is 0 Å². The number of hydrogen-bond donors (Lipinski definition) is 1. The summed E-state index contributed by atoms with van der Waals surface area (Å²) in [5.41, 5.74) is 7.79. The molecular formula is C18H22N2O2. The van der Waals surface area contributed by atoms with Crippen LogP contribution in [0.2, 0.25) is 0 Å². The minimum Gasteiger partial charge on any atom is -0.487 e. The Morgan fingerprint density at radius 1 is 1.14 bits per heavy atom. The summed E-state index contributed by atoms with van der Waals surface area (Å²) in [6, 6.07) is 11.3. The highest BCUT2D eigenvalue weighted by Gasteiger charge is 2.25. The number of ether oxygens (including phenoxy) is 1. The molecule has 0 radical (unpaired) electrons. The fourth-order valence-corrected chi connectivity index (χ4v) is 1.99. The van der Waals surface area contributed by atoms with Crippen LogP contribution in [0.5, 0.6) is 5.75 Å². The number of hydrogen-bond acceptors (Lipinski definition) is 4. The van der Waals surface area contributed by atoms with Gasteiger partial charge in [-0.15, -0.1) is 0 Å². The number of benzene rings is 1. The van der Waals surface area contributed by atoms with E-state index in [1.54, 1.807) is 12.1 Å². The third-order valence-corrected chi connectivity index (χ3v) is 3.32. The number of aryl methyl sites for hydroxylation is 1. The van der Waals surface area contributed by atoms with Crippen LogP contribution < -0.4 is 10.5 Å². The maximum Gasteiger partial charge on any atom is 0.171 e.